The molecule has 1 aromatic rings. The summed E-state index contributed by atoms with van der Waals surface area (Å²) >= 11 is 5.81. The molecule has 0 radical (unpaired) electrons. The van der Waals surface area contributed by atoms with Gasteiger partial charge in [0.1, 0.15) is 24.4 Å². The van der Waals surface area contributed by atoms with Crippen molar-refractivity contribution in [3.05, 3.63) is 29.3 Å². The highest BCUT2D eigenvalue weighted by molar-refractivity contribution is 6.30. The van der Waals surface area contributed by atoms with Crippen molar-refractivity contribution >= 4 is 17.5 Å². The summed E-state index contributed by atoms with van der Waals surface area (Å²) in [6, 6.07) is 9.30. The predicted molar refractivity (Wildman–Crippen MR) is 86.0 cm³/mol. The average Bonchev–Trinajstić information content (AvgIpc) is 2.48. The average molecular weight is 325 g/mol. The summed E-state index contributed by atoms with van der Waals surface area (Å²) in [5, 5.41) is 9.72. The van der Waals surface area contributed by atoms with Crippen LogP contribution in [0.25, 0.3) is 0 Å². The number of ether oxygens (including phenoxy) is 1. The number of hydrogen-bond acceptors (Lipinski definition) is 3. The summed E-state index contributed by atoms with van der Waals surface area (Å²) in [6.45, 7) is 4.97. The number of amides is 1. The molecule has 0 aliphatic carbocycles. The van der Waals surface area contributed by atoms with Gasteiger partial charge in [0.2, 0.25) is 0 Å². The lowest BCUT2D eigenvalue weighted by Crippen LogP contribution is -3.10. The van der Waals surface area contributed by atoms with Gasteiger partial charge in [-0.05, 0) is 38.1 Å². The van der Waals surface area contributed by atoms with E-state index in [4.69, 9.17) is 21.6 Å². The molecule has 0 heterocycles. The van der Waals surface area contributed by atoms with Crippen LogP contribution in [0.2, 0.25) is 5.02 Å². The third kappa shape index (κ3) is 5.55. The van der Waals surface area contributed by atoms with Crippen LogP contribution in [0.1, 0.15) is 13.8 Å². The summed E-state index contributed by atoms with van der Waals surface area (Å²) < 4.78 is 5.61. The van der Waals surface area contributed by atoms with Crippen LogP contribution >= 0.6 is 11.6 Å². The Morgan fingerprint density at radius 3 is 2.55 bits per heavy atom. The molecule has 1 rings (SSSR count). The van der Waals surface area contributed by atoms with E-state index < -0.39 is 5.54 Å². The van der Waals surface area contributed by atoms with Crippen LogP contribution in [-0.4, -0.2) is 50.1 Å². The third-order valence-corrected chi connectivity index (χ3v) is 3.80. The van der Waals surface area contributed by atoms with Crippen molar-refractivity contribution in [2.45, 2.75) is 19.4 Å². The second kappa shape index (κ2) is 8.02. The largest absolute Gasteiger partial charge is 0.488 e. The third-order valence-electron chi connectivity index (χ3n) is 3.55. The van der Waals surface area contributed by atoms with E-state index in [2.05, 4.69) is 6.07 Å². The van der Waals surface area contributed by atoms with E-state index in [1.54, 1.807) is 33.0 Å². The van der Waals surface area contributed by atoms with Crippen molar-refractivity contribution < 1.29 is 14.4 Å². The molecular weight excluding hydrogens is 302 g/mol. The molecule has 0 bridgehead atoms. The van der Waals surface area contributed by atoms with Crippen LogP contribution in [0.4, 0.5) is 0 Å². The van der Waals surface area contributed by atoms with Gasteiger partial charge in [-0.1, -0.05) is 11.6 Å². The zero-order valence-corrected chi connectivity index (χ0v) is 14.3. The fourth-order valence-corrected chi connectivity index (χ4v) is 1.85. The topological polar surface area (TPSA) is 57.8 Å². The van der Waals surface area contributed by atoms with E-state index in [1.807, 2.05) is 19.2 Å². The van der Waals surface area contributed by atoms with Gasteiger partial charge in [0, 0.05) is 12.1 Å². The van der Waals surface area contributed by atoms with Crippen molar-refractivity contribution in [3.63, 3.8) is 0 Å². The van der Waals surface area contributed by atoms with Crippen LogP contribution < -0.4 is 9.64 Å². The Labute approximate surface area is 137 Å². The number of hydrogen-bond donors (Lipinski definition) is 1. The van der Waals surface area contributed by atoms with Gasteiger partial charge in [-0.3, -0.25) is 4.79 Å². The lowest BCUT2D eigenvalue weighted by molar-refractivity contribution is -0.871. The first-order valence-electron chi connectivity index (χ1n) is 7.14. The fraction of sp³-hybridized carbons (Fsp3) is 0.500. The molecule has 120 valence electrons. The molecule has 22 heavy (non-hydrogen) atoms. The molecule has 0 saturated heterocycles. The first-order chi connectivity index (χ1) is 10.3. The zero-order chi connectivity index (χ0) is 16.8. The highest BCUT2D eigenvalue weighted by atomic mass is 35.5. The molecule has 0 aliphatic rings. The normalized spacial score (nSPS) is 12.4. The van der Waals surface area contributed by atoms with Crippen LogP contribution in [0.3, 0.4) is 0 Å². The number of halogens is 1. The fourth-order valence-electron chi connectivity index (χ4n) is 1.73. The number of nitrogens with zero attached hydrogens (tertiary/aromatic N) is 2. The van der Waals surface area contributed by atoms with Crippen LogP contribution in [0.15, 0.2) is 24.3 Å². The number of nitriles is 1. The molecule has 0 aliphatic heterocycles. The number of likely N-dealkylation sites (N-methyl/N-ethyl adjacent to an activating group) is 2. The van der Waals surface area contributed by atoms with Crippen molar-refractivity contribution in [2.75, 3.05) is 33.8 Å². The molecule has 5 nitrogen and oxygen atoms in total. The maximum atomic E-state index is 12.1. The highest BCUT2D eigenvalue weighted by Gasteiger charge is 2.28. The molecule has 0 spiro atoms. The SMILES string of the molecule is CN(C(=O)C[NH+](C)CCOc1ccc(Cl)cc1)C(C)(C)C#N. The Bertz CT molecular complexity index is 537. The van der Waals surface area contributed by atoms with Crippen molar-refractivity contribution in [1.82, 2.24) is 4.90 Å². The quantitative estimate of drug-likeness (QED) is 0.814. The molecule has 1 N–H and O–H groups in total. The van der Waals surface area contributed by atoms with Gasteiger partial charge in [-0.2, -0.15) is 5.26 Å². The van der Waals surface area contributed by atoms with Gasteiger partial charge >= 0.3 is 0 Å². The van der Waals surface area contributed by atoms with E-state index in [0.29, 0.717) is 24.7 Å². The van der Waals surface area contributed by atoms with Gasteiger partial charge < -0.3 is 14.5 Å². The van der Waals surface area contributed by atoms with Crippen LogP contribution in [0.5, 0.6) is 5.75 Å². The van der Waals surface area contributed by atoms with Crippen molar-refractivity contribution in [1.29, 1.82) is 5.26 Å². The Balaban J connectivity index is 2.37. The summed E-state index contributed by atoms with van der Waals surface area (Å²) in [7, 11) is 3.58. The van der Waals surface area contributed by atoms with Gasteiger partial charge in [0.05, 0.1) is 13.1 Å². The van der Waals surface area contributed by atoms with E-state index in [0.717, 1.165) is 10.6 Å². The zero-order valence-electron chi connectivity index (χ0n) is 13.5. The molecule has 0 aromatic heterocycles. The number of carbonyl (C=O) groups excluding carboxylic acids is 1. The Morgan fingerprint density at radius 1 is 1.41 bits per heavy atom. The van der Waals surface area contributed by atoms with E-state index in [-0.39, 0.29) is 5.91 Å². The van der Waals surface area contributed by atoms with E-state index in [1.165, 1.54) is 4.90 Å². The van der Waals surface area contributed by atoms with Crippen molar-refractivity contribution in [2.24, 2.45) is 0 Å². The minimum Gasteiger partial charge on any atom is -0.488 e. The molecule has 0 fully saturated rings. The lowest BCUT2D eigenvalue weighted by Gasteiger charge is -2.29. The monoisotopic (exact) mass is 324 g/mol. The van der Waals surface area contributed by atoms with Gasteiger partial charge in [-0.25, -0.2) is 0 Å². The molecular formula is C16H23ClN3O2+. The van der Waals surface area contributed by atoms with Gasteiger partial charge in [0.15, 0.2) is 6.54 Å². The minimum absolute atomic E-state index is 0.0597. The van der Waals surface area contributed by atoms with Gasteiger partial charge in [0.25, 0.3) is 5.91 Å². The van der Waals surface area contributed by atoms with E-state index >= 15 is 0 Å². The number of rotatable bonds is 7. The van der Waals surface area contributed by atoms with E-state index in [9.17, 15) is 4.79 Å². The second-order valence-corrected chi connectivity index (χ2v) is 6.25. The van der Waals surface area contributed by atoms with Gasteiger partial charge in [-0.15, -0.1) is 0 Å². The molecule has 1 unspecified atom stereocenters. The first kappa shape index (κ1) is 18.3. The summed E-state index contributed by atoms with van der Waals surface area (Å²) in [4.78, 5) is 14.6. The smallest absolute Gasteiger partial charge is 0.278 e. The Morgan fingerprint density at radius 2 is 2.00 bits per heavy atom. The summed E-state index contributed by atoms with van der Waals surface area (Å²) in [6.07, 6.45) is 0. The summed E-state index contributed by atoms with van der Waals surface area (Å²) in [5.41, 5.74) is -0.794. The Kier molecular flexibility index (Phi) is 6.66. The lowest BCUT2D eigenvalue weighted by atomic mass is 10.1. The number of quaternary nitrogens is 1. The predicted octanol–water partition coefficient (Wildman–Crippen LogP) is 0.994. The minimum atomic E-state index is -0.794. The number of carbonyl (C=O) groups is 1. The molecule has 6 heteroatoms. The molecule has 1 aromatic carbocycles. The highest BCUT2D eigenvalue weighted by Crippen LogP contribution is 2.15. The first-order valence-corrected chi connectivity index (χ1v) is 7.51. The Hall–Kier alpha value is -1.77. The molecule has 1 amide bonds. The van der Waals surface area contributed by atoms with Crippen LogP contribution in [-0.2, 0) is 4.79 Å². The van der Waals surface area contributed by atoms with Crippen molar-refractivity contribution in [3.8, 4) is 11.8 Å². The van der Waals surface area contributed by atoms with Crippen LogP contribution in [0, 0.1) is 11.3 Å². The standard InChI is InChI=1S/C16H22ClN3O2/c1-16(2,12-18)20(4)15(21)11-19(3)9-10-22-14-7-5-13(17)6-8-14/h5-8H,9-11H2,1-4H3/p+1. The molecule has 0 saturated carbocycles. The maximum Gasteiger partial charge on any atom is 0.278 e. The second-order valence-electron chi connectivity index (χ2n) is 5.81. The number of nitrogens with one attached hydrogen (secondary N) is 1. The number of benzene rings is 1. The summed E-state index contributed by atoms with van der Waals surface area (Å²) in [5.74, 6) is 0.696. The maximum absolute atomic E-state index is 12.1. The molecule has 1 atom stereocenters.